The molecule has 0 aliphatic carbocycles. The number of nitrogens with zero attached hydrogens (tertiary/aromatic N) is 1. The lowest BCUT2D eigenvalue weighted by Gasteiger charge is -2.15. The Morgan fingerprint density at radius 1 is 1.00 bits per heavy atom. The molecule has 2 heterocycles. The number of thioether (sulfide) groups is 1. The maximum Gasteiger partial charge on any atom is 0.128 e. The van der Waals surface area contributed by atoms with Crippen molar-refractivity contribution in [1.82, 2.24) is 10.3 Å². The first-order valence-corrected chi connectivity index (χ1v) is 11.8. The third kappa shape index (κ3) is 4.46. The van der Waals surface area contributed by atoms with Gasteiger partial charge in [0.05, 0.1) is 25.4 Å². The summed E-state index contributed by atoms with van der Waals surface area (Å²) in [5.74, 6) is 1.56. The summed E-state index contributed by atoms with van der Waals surface area (Å²) in [4.78, 5) is 7.58. The van der Waals surface area contributed by atoms with E-state index in [4.69, 9.17) is 14.5 Å². The molecule has 0 fully saturated rings. The van der Waals surface area contributed by atoms with E-state index < -0.39 is 0 Å². The molecule has 0 spiro atoms. The molecule has 0 radical (unpaired) electrons. The van der Waals surface area contributed by atoms with Gasteiger partial charge in [0.2, 0.25) is 0 Å². The monoisotopic (exact) mass is 436 g/mol. The Kier molecular flexibility index (Phi) is 6.57. The minimum atomic E-state index is 0.709. The average molecular weight is 437 g/mol. The van der Waals surface area contributed by atoms with Gasteiger partial charge in [-0.3, -0.25) is 0 Å². The summed E-state index contributed by atoms with van der Waals surface area (Å²) in [6.45, 7) is 1.54. The predicted octanol–water partition coefficient (Wildman–Crippen LogP) is 5.99. The van der Waals surface area contributed by atoms with Gasteiger partial charge in [-0.1, -0.05) is 12.1 Å². The van der Waals surface area contributed by atoms with Crippen LogP contribution in [-0.4, -0.2) is 25.5 Å². The first-order valence-electron chi connectivity index (χ1n) is 9.65. The first kappa shape index (κ1) is 20.7. The lowest BCUT2D eigenvalue weighted by atomic mass is 10.0. The smallest absolute Gasteiger partial charge is 0.128 e. The normalized spacial score (nSPS) is 11.0. The van der Waals surface area contributed by atoms with E-state index in [-0.39, 0.29) is 0 Å². The average Bonchev–Trinajstić information content (AvgIpc) is 3.31. The number of benzene rings is 2. The number of nitrogens with one attached hydrogen (secondary N) is 1. The van der Waals surface area contributed by atoms with Crippen LogP contribution in [0.4, 0.5) is 0 Å². The van der Waals surface area contributed by atoms with Gasteiger partial charge in [0.1, 0.15) is 11.5 Å². The molecule has 1 N–H and O–H groups in total. The van der Waals surface area contributed by atoms with Gasteiger partial charge >= 0.3 is 0 Å². The number of pyridine rings is 1. The van der Waals surface area contributed by atoms with Crippen molar-refractivity contribution in [3.8, 4) is 22.8 Å². The number of hydrogen-bond acceptors (Lipinski definition) is 6. The Labute approximate surface area is 185 Å². The highest BCUT2D eigenvalue weighted by Gasteiger charge is 2.15. The lowest BCUT2D eigenvalue weighted by molar-refractivity contribution is 0.404. The third-order valence-electron chi connectivity index (χ3n) is 4.96. The van der Waals surface area contributed by atoms with Crippen LogP contribution in [0.5, 0.6) is 11.5 Å². The summed E-state index contributed by atoms with van der Waals surface area (Å²) < 4.78 is 11.1. The molecular formula is C24H24N2O2S2. The van der Waals surface area contributed by atoms with Crippen LogP contribution in [-0.2, 0) is 13.1 Å². The van der Waals surface area contributed by atoms with Crippen LogP contribution in [0.25, 0.3) is 22.2 Å². The number of hydrogen-bond donors (Lipinski definition) is 1. The maximum absolute atomic E-state index is 5.66. The Hall–Kier alpha value is -2.54. The Balaban J connectivity index is 1.80. The molecule has 2 aromatic carbocycles. The highest BCUT2D eigenvalue weighted by Crippen LogP contribution is 2.36. The van der Waals surface area contributed by atoms with Crippen molar-refractivity contribution in [2.75, 3.05) is 20.5 Å². The largest absolute Gasteiger partial charge is 0.497 e. The van der Waals surface area contributed by atoms with Crippen molar-refractivity contribution < 1.29 is 9.47 Å². The van der Waals surface area contributed by atoms with Gasteiger partial charge in [0.15, 0.2) is 0 Å². The fourth-order valence-electron chi connectivity index (χ4n) is 3.42. The van der Waals surface area contributed by atoms with Crippen molar-refractivity contribution in [3.63, 3.8) is 0 Å². The van der Waals surface area contributed by atoms with Gasteiger partial charge in [0, 0.05) is 33.8 Å². The van der Waals surface area contributed by atoms with Crippen LogP contribution < -0.4 is 14.8 Å². The van der Waals surface area contributed by atoms with E-state index in [9.17, 15) is 0 Å². The van der Waals surface area contributed by atoms with Crippen molar-refractivity contribution >= 4 is 34.0 Å². The van der Waals surface area contributed by atoms with E-state index >= 15 is 0 Å². The Bertz CT molecular complexity index is 1140. The van der Waals surface area contributed by atoms with Crippen molar-refractivity contribution in [2.24, 2.45) is 0 Å². The van der Waals surface area contributed by atoms with E-state index in [2.05, 4.69) is 53.4 Å². The minimum absolute atomic E-state index is 0.709. The number of ether oxygens (including phenoxy) is 2. The van der Waals surface area contributed by atoms with Gasteiger partial charge in [-0.05, 0) is 59.7 Å². The van der Waals surface area contributed by atoms with E-state index in [0.29, 0.717) is 6.54 Å². The molecule has 0 saturated carbocycles. The topological polar surface area (TPSA) is 43.4 Å². The van der Waals surface area contributed by atoms with E-state index in [1.165, 1.54) is 9.77 Å². The molecular weight excluding hydrogens is 412 g/mol. The van der Waals surface area contributed by atoms with Gasteiger partial charge in [-0.2, -0.15) is 0 Å². The van der Waals surface area contributed by atoms with Gasteiger partial charge < -0.3 is 14.8 Å². The zero-order valence-electron chi connectivity index (χ0n) is 17.3. The molecule has 4 aromatic rings. The molecule has 6 heteroatoms. The molecule has 30 heavy (non-hydrogen) atoms. The molecule has 4 rings (SSSR count). The predicted molar refractivity (Wildman–Crippen MR) is 127 cm³/mol. The van der Waals surface area contributed by atoms with Crippen LogP contribution in [0.15, 0.2) is 64.9 Å². The SMILES string of the molecule is COc1ccc(OC)c(-c2nc3cc(SC)ccc3cc2CNCc2cccs2)c1. The number of fused-ring (bicyclic) bond motifs is 1. The molecule has 0 atom stereocenters. The highest BCUT2D eigenvalue weighted by atomic mass is 32.2. The van der Waals surface area contributed by atoms with Crippen LogP contribution >= 0.6 is 23.1 Å². The number of rotatable bonds is 8. The molecule has 0 amide bonds. The Morgan fingerprint density at radius 2 is 1.90 bits per heavy atom. The molecule has 2 aromatic heterocycles. The first-order chi connectivity index (χ1) is 14.7. The standard InChI is InChI=1S/C24H24N2O2S2/c1-27-18-7-9-23(28-2)21(12-18)24-17(14-25-15-20-5-4-10-30-20)11-16-6-8-19(29-3)13-22(16)26-24/h4-13,25H,14-15H2,1-3H3. The number of thiophene rings is 1. The Morgan fingerprint density at radius 3 is 2.63 bits per heavy atom. The highest BCUT2D eigenvalue weighted by molar-refractivity contribution is 7.98. The molecule has 0 aliphatic heterocycles. The van der Waals surface area contributed by atoms with Gasteiger partial charge in [0.25, 0.3) is 0 Å². The molecule has 4 nitrogen and oxygen atoms in total. The van der Waals surface area contributed by atoms with Crippen LogP contribution in [0.1, 0.15) is 10.4 Å². The summed E-state index contributed by atoms with van der Waals surface area (Å²) in [6, 6.07) is 18.7. The summed E-state index contributed by atoms with van der Waals surface area (Å²) in [5, 5.41) is 6.79. The zero-order chi connectivity index (χ0) is 20.9. The summed E-state index contributed by atoms with van der Waals surface area (Å²) in [6.07, 6.45) is 2.08. The molecule has 0 aliphatic rings. The zero-order valence-corrected chi connectivity index (χ0v) is 18.9. The lowest BCUT2D eigenvalue weighted by Crippen LogP contribution is -2.13. The van der Waals surface area contributed by atoms with Crippen LogP contribution in [0.2, 0.25) is 0 Å². The second-order valence-electron chi connectivity index (χ2n) is 6.80. The van der Waals surface area contributed by atoms with E-state index in [1.807, 2.05) is 18.2 Å². The maximum atomic E-state index is 5.66. The quantitative estimate of drug-likeness (QED) is 0.344. The molecule has 0 saturated heterocycles. The molecule has 0 bridgehead atoms. The van der Waals surface area contributed by atoms with Gasteiger partial charge in [-0.25, -0.2) is 4.98 Å². The summed E-state index contributed by atoms with van der Waals surface area (Å²) >= 11 is 3.48. The number of methoxy groups -OCH3 is 2. The fourth-order valence-corrected chi connectivity index (χ4v) is 4.53. The number of aromatic nitrogens is 1. The van der Waals surface area contributed by atoms with Crippen molar-refractivity contribution in [1.29, 1.82) is 0 Å². The third-order valence-corrected chi connectivity index (χ3v) is 6.56. The van der Waals surface area contributed by atoms with Gasteiger partial charge in [-0.15, -0.1) is 23.1 Å². The summed E-state index contributed by atoms with van der Waals surface area (Å²) in [7, 11) is 3.36. The van der Waals surface area contributed by atoms with Crippen LogP contribution in [0.3, 0.4) is 0 Å². The van der Waals surface area contributed by atoms with Crippen molar-refractivity contribution in [3.05, 3.63) is 70.4 Å². The summed E-state index contributed by atoms with van der Waals surface area (Å²) in [5.41, 5.74) is 3.95. The molecule has 154 valence electrons. The van der Waals surface area contributed by atoms with Crippen molar-refractivity contribution in [2.45, 2.75) is 18.0 Å². The molecule has 0 unspecified atom stereocenters. The van der Waals surface area contributed by atoms with E-state index in [0.717, 1.165) is 45.8 Å². The van der Waals surface area contributed by atoms with Crippen LogP contribution in [0, 0.1) is 0 Å². The second-order valence-corrected chi connectivity index (χ2v) is 8.72. The van der Waals surface area contributed by atoms with E-state index in [1.54, 1.807) is 37.3 Å². The fraction of sp³-hybridized carbons (Fsp3) is 0.208. The minimum Gasteiger partial charge on any atom is -0.497 e. The second kappa shape index (κ2) is 9.51.